The van der Waals surface area contributed by atoms with Crippen molar-refractivity contribution in [3.05, 3.63) is 53.3 Å². The van der Waals surface area contributed by atoms with Crippen LogP contribution in [0.1, 0.15) is 21.5 Å². The SMILES string of the molecule is COc1ccc(C)c(-n2c(N)c(C(N)=O)c3ccc4nccnc4c32)c1C. The zero-order valence-electron chi connectivity index (χ0n) is 15.3. The molecule has 0 bridgehead atoms. The number of nitrogens with zero attached hydrogens (tertiary/aromatic N) is 3. The van der Waals surface area contributed by atoms with Crippen molar-refractivity contribution in [1.29, 1.82) is 0 Å². The van der Waals surface area contributed by atoms with Gasteiger partial charge in [0.05, 0.1) is 29.4 Å². The number of fused-ring (bicyclic) bond motifs is 3. The van der Waals surface area contributed by atoms with Gasteiger partial charge in [0.1, 0.15) is 17.1 Å². The third kappa shape index (κ3) is 2.32. The molecule has 2 aromatic carbocycles. The maximum Gasteiger partial charge on any atom is 0.253 e. The molecule has 136 valence electrons. The predicted octanol–water partition coefficient (Wildman–Crippen LogP) is 2.88. The Balaban J connectivity index is 2.27. The molecule has 4 rings (SSSR count). The quantitative estimate of drug-likeness (QED) is 0.583. The number of carbonyl (C=O) groups excluding carboxylic acids is 1. The summed E-state index contributed by atoms with van der Waals surface area (Å²) in [6, 6.07) is 7.48. The summed E-state index contributed by atoms with van der Waals surface area (Å²) in [5.74, 6) is 0.414. The lowest BCUT2D eigenvalue weighted by Gasteiger charge is -2.17. The van der Waals surface area contributed by atoms with Gasteiger partial charge in [0, 0.05) is 23.3 Å². The van der Waals surface area contributed by atoms with Gasteiger partial charge in [0.25, 0.3) is 5.91 Å². The van der Waals surface area contributed by atoms with Crippen molar-refractivity contribution in [2.24, 2.45) is 5.73 Å². The molecule has 0 atom stereocenters. The van der Waals surface area contributed by atoms with Gasteiger partial charge >= 0.3 is 0 Å². The van der Waals surface area contributed by atoms with Crippen molar-refractivity contribution in [1.82, 2.24) is 14.5 Å². The Bertz CT molecular complexity index is 1230. The van der Waals surface area contributed by atoms with Gasteiger partial charge in [0.15, 0.2) is 0 Å². The summed E-state index contributed by atoms with van der Waals surface area (Å²) in [4.78, 5) is 21.0. The number of aromatic nitrogens is 3. The second-order valence-corrected chi connectivity index (χ2v) is 6.40. The molecule has 7 heteroatoms. The average molecular weight is 361 g/mol. The van der Waals surface area contributed by atoms with Crippen LogP contribution in [0.4, 0.5) is 5.82 Å². The minimum absolute atomic E-state index is 0.273. The lowest BCUT2D eigenvalue weighted by atomic mass is 10.1. The molecule has 0 saturated heterocycles. The summed E-state index contributed by atoms with van der Waals surface area (Å²) in [5, 5.41) is 0.648. The van der Waals surface area contributed by atoms with Crippen LogP contribution in [0.5, 0.6) is 5.75 Å². The van der Waals surface area contributed by atoms with Crippen molar-refractivity contribution in [3.8, 4) is 11.4 Å². The molecule has 2 heterocycles. The highest BCUT2D eigenvalue weighted by Crippen LogP contribution is 2.38. The molecule has 0 radical (unpaired) electrons. The van der Waals surface area contributed by atoms with Gasteiger partial charge in [0.2, 0.25) is 0 Å². The van der Waals surface area contributed by atoms with Gasteiger partial charge in [-0.3, -0.25) is 19.3 Å². The molecule has 4 N–H and O–H groups in total. The molecule has 2 aromatic heterocycles. The minimum atomic E-state index is -0.585. The van der Waals surface area contributed by atoms with E-state index in [1.807, 2.05) is 42.7 Å². The van der Waals surface area contributed by atoms with Crippen molar-refractivity contribution >= 4 is 33.7 Å². The first-order valence-corrected chi connectivity index (χ1v) is 8.43. The van der Waals surface area contributed by atoms with Crippen LogP contribution in [0.15, 0.2) is 36.7 Å². The third-order valence-electron chi connectivity index (χ3n) is 4.88. The van der Waals surface area contributed by atoms with Gasteiger partial charge in [-0.25, -0.2) is 0 Å². The molecule has 0 unspecified atom stereocenters. The number of carbonyl (C=O) groups is 1. The van der Waals surface area contributed by atoms with E-state index in [1.54, 1.807) is 19.5 Å². The lowest BCUT2D eigenvalue weighted by Crippen LogP contribution is -2.14. The van der Waals surface area contributed by atoms with Crippen LogP contribution in [0.2, 0.25) is 0 Å². The Morgan fingerprint density at radius 2 is 1.85 bits per heavy atom. The largest absolute Gasteiger partial charge is 0.496 e. The Labute approximate surface area is 155 Å². The molecular weight excluding hydrogens is 342 g/mol. The molecule has 27 heavy (non-hydrogen) atoms. The lowest BCUT2D eigenvalue weighted by molar-refractivity contribution is 0.100. The van der Waals surface area contributed by atoms with Crippen molar-refractivity contribution in [2.75, 3.05) is 12.8 Å². The Hall–Kier alpha value is -3.61. The zero-order chi connectivity index (χ0) is 19.3. The normalized spacial score (nSPS) is 11.2. The molecule has 0 saturated carbocycles. The molecule has 0 aliphatic carbocycles. The van der Waals surface area contributed by atoms with Crippen molar-refractivity contribution in [2.45, 2.75) is 13.8 Å². The second kappa shape index (κ2) is 5.98. The molecule has 0 fully saturated rings. The second-order valence-electron chi connectivity index (χ2n) is 6.40. The van der Waals surface area contributed by atoms with Gasteiger partial charge < -0.3 is 16.2 Å². The molecular formula is C20H19N5O2. The van der Waals surface area contributed by atoms with Gasteiger partial charge in [-0.1, -0.05) is 6.07 Å². The van der Waals surface area contributed by atoms with Gasteiger partial charge in [-0.15, -0.1) is 0 Å². The van der Waals surface area contributed by atoms with E-state index in [0.717, 1.165) is 22.6 Å². The summed E-state index contributed by atoms with van der Waals surface area (Å²) in [6.07, 6.45) is 3.24. The predicted molar refractivity (Wildman–Crippen MR) is 105 cm³/mol. The number of primary amides is 1. The summed E-state index contributed by atoms with van der Waals surface area (Å²) in [7, 11) is 1.62. The van der Waals surface area contributed by atoms with Crippen LogP contribution in [0.3, 0.4) is 0 Å². The Kier molecular flexibility index (Phi) is 3.73. The fourth-order valence-electron chi connectivity index (χ4n) is 3.69. The average Bonchev–Trinajstić information content (AvgIpc) is 2.95. The first-order chi connectivity index (χ1) is 13.0. The monoisotopic (exact) mass is 361 g/mol. The van der Waals surface area contributed by atoms with E-state index in [4.69, 9.17) is 16.2 Å². The molecule has 4 aromatic rings. The smallest absolute Gasteiger partial charge is 0.253 e. The van der Waals surface area contributed by atoms with Crippen LogP contribution in [-0.2, 0) is 0 Å². The Morgan fingerprint density at radius 1 is 1.11 bits per heavy atom. The summed E-state index contributed by atoms with van der Waals surface area (Å²) >= 11 is 0. The number of aryl methyl sites for hydroxylation is 1. The first-order valence-electron chi connectivity index (χ1n) is 8.43. The number of nitrogen functional groups attached to an aromatic ring is 1. The maximum absolute atomic E-state index is 12.2. The Morgan fingerprint density at radius 3 is 2.56 bits per heavy atom. The van der Waals surface area contributed by atoms with Crippen LogP contribution in [0, 0.1) is 13.8 Å². The maximum atomic E-state index is 12.2. The first kappa shape index (κ1) is 16.8. The highest BCUT2D eigenvalue weighted by atomic mass is 16.5. The van der Waals surface area contributed by atoms with Crippen LogP contribution < -0.4 is 16.2 Å². The fourth-order valence-corrected chi connectivity index (χ4v) is 3.69. The zero-order valence-corrected chi connectivity index (χ0v) is 15.3. The van der Waals surface area contributed by atoms with Crippen molar-refractivity contribution in [3.63, 3.8) is 0 Å². The van der Waals surface area contributed by atoms with Crippen LogP contribution >= 0.6 is 0 Å². The van der Waals surface area contributed by atoms with E-state index in [9.17, 15) is 4.79 Å². The number of nitrogens with two attached hydrogens (primary N) is 2. The molecule has 1 amide bonds. The molecule has 7 nitrogen and oxygen atoms in total. The van der Waals surface area contributed by atoms with Crippen LogP contribution in [0.25, 0.3) is 27.6 Å². The van der Waals surface area contributed by atoms with E-state index in [-0.39, 0.29) is 11.4 Å². The van der Waals surface area contributed by atoms with E-state index >= 15 is 0 Å². The summed E-state index contributed by atoms with van der Waals surface area (Å²) < 4.78 is 7.32. The van der Waals surface area contributed by atoms with Crippen molar-refractivity contribution < 1.29 is 9.53 Å². The number of methoxy groups -OCH3 is 1. The van der Waals surface area contributed by atoms with E-state index in [0.29, 0.717) is 21.9 Å². The van der Waals surface area contributed by atoms with Gasteiger partial charge in [-0.2, -0.15) is 0 Å². The number of hydrogen-bond acceptors (Lipinski definition) is 5. The topological polar surface area (TPSA) is 109 Å². The number of rotatable bonds is 3. The van der Waals surface area contributed by atoms with Crippen LogP contribution in [-0.4, -0.2) is 27.6 Å². The molecule has 0 spiro atoms. The number of ether oxygens (including phenoxy) is 1. The number of anilines is 1. The number of amides is 1. The standard InChI is InChI=1S/C20H19N5O2/c1-10-4-7-14(27-3)11(2)17(10)25-18-12(15(19(25)21)20(22)26)5-6-13-16(18)24-9-8-23-13/h4-9H,21H2,1-3H3,(H2,22,26). The van der Waals surface area contributed by atoms with E-state index in [2.05, 4.69) is 9.97 Å². The molecule has 0 aliphatic heterocycles. The number of benzene rings is 2. The molecule has 0 aliphatic rings. The van der Waals surface area contributed by atoms with E-state index in [1.165, 1.54) is 0 Å². The third-order valence-corrected chi connectivity index (χ3v) is 4.88. The number of hydrogen-bond donors (Lipinski definition) is 2. The minimum Gasteiger partial charge on any atom is -0.496 e. The highest BCUT2D eigenvalue weighted by molar-refractivity contribution is 6.17. The summed E-state index contributed by atoms with van der Waals surface area (Å²) in [6.45, 7) is 3.93. The van der Waals surface area contributed by atoms with Gasteiger partial charge in [-0.05, 0) is 37.6 Å². The summed E-state index contributed by atoms with van der Waals surface area (Å²) in [5.41, 5.74) is 17.1. The highest BCUT2D eigenvalue weighted by Gasteiger charge is 2.24. The van der Waals surface area contributed by atoms with E-state index < -0.39 is 5.91 Å². The fraction of sp³-hybridized carbons (Fsp3) is 0.150.